The van der Waals surface area contributed by atoms with Gasteiger partial charge in [-0.15, -0.1) is 0 Å². The van der Waals surface area contributed by atoms with Crippen LogP contribution in [0, 0.1) is 0 Å². The average molecular weight is 370 g/mol. The molecule has 2 aromatic rings. The third-order valence-corrected chi connectivity index (χ3v) is 3.85. The Kier molecular flexibility index (Phi) is 4.03. The van der Waals surface area contributed by atoms with Gasteiger partial charge in [-0.2, -0.15) is 0 Å². The number of benzene rings is 2. The molecule has 4 nitrogen and oxygen atoms in total. The van der Waals surface area contributed by atoms with Crippen molar-refractivity contribution in [2.45, 2.75) is 6.61 Å². The van der Waals surface area contributed by atoms with E-state index in [4.69, 9.17) is 25.8 Å². The zero-order chi connectivity index (χ0) is 14.8. The van der Waals surface area contributed by atoms with Crippen LogP contribution in [0.15, 0.2) is 34.8 Å². The molecule has 6 heteroatoms. The molecule has 0 spiro atoms. The molecule has 0 saturated heterocycles. The average Bonchev–Trinajstić information content (AvgIpc) is 2.93. The summed E-state index contributed by atoms with van der Waals surface area (Å²) in [6.07, 6.45) is 0.734. The summed E-state index contributed by atoms with van der Waals surface area (Å²) in [6.45, 7) is 0.569. The Labute approximate surface area is 134 Å². The molecule has 1 aliphatic rings. The second-order valence-corrected chi connectivity index (χ2v) is 5.67. The van der Waals surface area contributed by atoms with E-state index >= 15 is 0 Å². The summed E-state index contributed by atoms with van der Waals surface area (Å²) >= 11 is 9.46. The lowest BCUT2D eigenvalue weighted by atomic mass is 10.2. The first-order chi connectivity index (χ1) is 10.2. The molecule has 21 heavy (non-hydrogen) atoms. The van der Waals surface area contributed by atoms with Crippen molar-refractivity contribution in [1.29, 1.82) is 0 Å². The van der Waals surface area contributed by atoms with Crippen LogP contribution < -0.4 is 14.2 Å². The van der Waals surface area contributed by atoms with Gasteiger partial charge in [-0.1, -0.05) is 17.7 Å². The van der Waals surface area contributed by atoms with E-state index in [9.17, 15) is 4.79 Å². The normalized spacial score (nSPS) is 12.3. The minimum Gasteiger partial charge on any atom is -0.486 e. The van der Waals surface area contributed by atoms with Crippen LogP contribution in [-0.4, -0.2) is 13.1 Å². The van der Waals surface area contributed by atoms with E-state index < -0.39 is 0 Å². The fourth-order valence-corrected chi connectivity index (χ4v) is 2.96. The Balaban J connectivity index is 1.77. The van der Waals surface area contributed by atoms with Crippen molar-refractivity contribution in [2.24, 2.45) is 0 Å². The van der Waals surface area contributed by atoms with Crippen LogP contribution in [-0.2, 0) is 6.61 Å². The van der Waals surface area contributed by atoms with Crippen LogP contribution >= 0.6 is 27.5 Å². The number of hydrogen-bond donors (Lipinski definition) is 0. The molecule has 1 aliphatic heterocycles. The summed E-state index contributed by atoms with van der Waals surface area (Å²) in [7, 11) is 0. The molecular formula is C15H10BrClO4. The number of halogens is 2. The molecule has 0 N–H and O–H groups in total. The van der Waals surface area contributed by atoms with E-state index in [0.29, 0.717) is 33.2 Å². The summed E-state index contributed by atoms with van der Waals surface area (Å²) in [5.41, 5.74) is 1.42. The van der Waals surface area contributed by atoms with Gasteiger partial charge in [0.2, 0.25) is 6.79 Å². The molecule has 0 amide bonds. The van der Waals surface area contributed by atoms with E-state index in [2.05, 4.69) is 15.9 Å². The zero-order valence-electron chi connectivity index (χ0n) is 10.8. The molecule has 3 rings (SSSR count). The molecule has 0 bridgehead atoms. The first kappa shape index (κ1) is 14.2. The number of carbonyl (C=O) groups excluding carboxylic acids is 1. The largest absolute Gasteiger partial charge is 0.486 e. The molecule has 0 saturated carbocycles. The van der Waals surface area contributed by atoms with E-state index in [-0.39, 0.29) is 6.79 Å². The minimum absolute atomic E-state index is 0.240. The molecular weight excluding hydrogens is 360 g/mol. The Morgan fingerprint density at radius 1 is 1.24 bits per heavy atom. The smallest absolute Gasteiger partial charge is 0.231 e. The predicted octanol–water partition coefficient (Wildman–Crippen LogP) is 4.22. The van der Waals surface area contributed by atoms with Crippen LogP contribution in [0.25, 0.3) is 0 Å². The number of ether oxygens (including phenoxy) is 3. The lowest BCUT2D eigenvalue weighted by Crippen LogP contribution is -1.97. The van der Waals surface area contributed by atoms with Gasteiger partial charge in [0.25, 0.3) is 0 Å². The fraction of sp³-hybridized carbons (Fsp3) is 0.133. The van der Waals surface area contributed by atoms with E-state index in [0.717, 1.165) is 17.6 Å². The summed E-state index contributed by atoms with van der Waals surface area (Å²) < 4.78 is 16.9. The van der Waals surface area contributed by atoms with Crippen LogP contribution in [0.2, 0.25) is 5.02 Å². The summed E-state index contributed by atoms with van der Waals surface area (Å²) in [6, 6.07) is 8.83. The highest BCUT2D eigenvalue weighted by Gasteiger charge is 2.14. The van der Waals surface area contributed by atoms with Crippen LogP contribution in [0.5, 0.6) is 17.2 Å². The van der Waals surface area contributed by atoms with Crippen molar-refractivity contribution in [2.75, 3.05) is 6.79 Å². The maximum absolute atomic E-state index is 10.8. The Bertz CT molecular complexity index is 679. The van der Waals surface area contributed by atoms with Crippen molar-refractivity contribution in [3.05, 3.63) is 51.0 Å². The third kappa shape index (κ3) is 2.99. The molecule has 0 atom stereocenters. The lowest BCUT2D eigenvalue weighted by Gasteiger charge is -2.11. The van der Waals surface area contributed by atoms with Gasteiger partial charge in [-0.3, -0.25) is 4.79 Å². The monoisotopic (exact) mass is 368 g/mol. The standard InChI is InChI=1S/C15H10BrClO4/c16-11-3-10(6-18)4-12(17)15(11)19-7-9-1-2-13-14(5-9)21-8-20-13/h1-6H,7-8H2. The van der Waals surface area contributed by atoms with Crippen LogP contribution in [0.4, 0.5) is 0 Å². The number of aldehydes is 1. The number of fused-ring (bicyclic) bond motifs is 1. The first-order valence-corrected chi connectivity index (χ1v) is 7.30. The van der Waals surface area contributed by atoms with Gasteiger partial charge in [0.1, 0.15) is 12.9 Å². The number of carbonyl (C=O) groups is 1. The quantitative estimate of drug-likeness (QED) is 0.757. The summed E-state index contributed by atoms with van der Waals surface area (Å²) in [4.78, 5) is 10.8. The number of rotatable bonds is 4. The van der Waals surface area contributed by atoms with Crippen LogP contribution in [0.1, 0.15) is 15.9 Å². The van der Waals surface area contributed by atoms with Crippen molar-refractivity contribution in [3.8, 4) is 17.2 Å². The highest BCUT2D eigenvalue weighted by atomic mass is 79.9. The first-order valence-electron chi connectivity index (χ1n) is 6.13. The Hall–Kier alpha value is -1.72. The summed E-state index contributed by atoms with van der Waals surface area (Å²) in [5, 5.41) is 0.382. The van der Waals surface area contributed by atoms with Gasteiger partial charge in [0.15, 0.2) is 17.2 Å². The van der Waals surface area contributed by atoms with Gasteiger partial charge in [0, 0.05) is 5.56 Å². The Morgan fingerprint density at radius 2 is 2.05 bits per heavy atom. The predicted molar refractivity (Wildman–Crippen MR) is 81.4 cm³/mol. The molecule has 0 aliphatic carbocycles. The maximum atomic E-state index is 10.8. The van der Waals surface area contributed by atoms with Crippen molar-refractivity contribution in [1.82, 2.24) is 0 Å². The van der Waals surface area contributed by atoms with Gasteiger partial charge in [-0.05, 0) is 45.8 Å². The third-order valence-electron chi connectivity index (χ3n) is 2.98. The van der Waals surface area contributed by atoms with Gasteiger partial charge >= 0.3 is 0 Å². The SMILES string of the molecule is O=Cc1cc(Cl)c(OCc2ccc3c(c2)OCO3)c(Br)c1. The zero-order valence-corrected chi connectivity index (χ0v) is 13.1. The summed E-state index contributed by atoms with van der Waals surface area (Å²) in [5.74, 6) is 1.94. The van der Waals surface area contributed by atoms with E-state index in [1.54, 1.807) is 12.1 Å². The molecule has 0 aromatic heterocycles. The highest BCUT2D eigenvalue weighted by molar-refractivity contribution is 9.10. The topological polar surface area (TPSA) is 44.8 Å². The molecule has 2 aromatic carbocycles. The molecule has 0 radical (unpaired) electrons. The molecule has 0 unspecified atom stereocenters. The lowest BCUT2D eigenvalue weighted by molar-refractivity contribution is 0.112. The van der Waals surface area contributed by atoms with Gasteiger partial charge < -0.3 is 14.2 Å². The minimum atomic E-state index is 0.240. The molecule has 1 heterocycles. The number of hydrogen-bond acceptors (Lipinski definition) is 4. The molecule has 108 valence electrons. The maximum Gasteiger partial charge on any atom is 0.231 e. The fourth-order valence-electron chi connectivity index (χ4n) is 1.97. The van der Waals surface area contributed by atoms with Gasteiger partial charge in [0.05, 0.1) is 9.50 Å². The highest BCUT2D eigenvalue weighted by Crippen LogP contribution is 2.36. The second kappa shape index (κ2) is 5.95. The molecule has 0 fully saturated rings. The van der Waals surface area contributed by atoms with Gasteiger partial charge in [-0.25, -0.2) is 0 Å². The van der Waals surface area contributed by atoms with E-state index in [1.165, 1.54) is 0 Å². The van der Waals surface area contributed by atoms with E-state index in [1.807, 2.05) is 18.2 Å². The van der Waals surface area contributed by atoms with Crippen molar-refractivity contribution < 1.29 is 19.0 Å². The van der Waals surface area contributed by atoms with Crippen molar-refractivity contribution >= 4 is 33.8 Å². The Morgan fingerprint density at radius 3 is 2.81 bits per heavy atom. The van der Waals surface area contributed by atoms with Crippen LogP contribution in [0.3, 0.4) is 0 Å². The van der Waals surface area contributed by atoms with Crippen molar-refractivity contribution in [3.63, 3.8) is 0 Å². The second-order valence-electron chi connectivity index (χ2n) is 4.41.